The van der Waals surface area contributed by atoms with Crippen LogP contribution in [-0.2, 0) is 0 Å². The van der Waals surface area contributed by atoms with Gasteiger partial charge in [-0.2, -0.15) is 0 Å². The standard InChI is InChI=1S/C50H51BN4/c1-33-27-28-41-48(31-33)54(44-22-10-8-19-38(44)42-32-37(29-30-52-42)36-17-6-5-7-18-36)46-25-14-26-47-49(46)51(41)40-21-9-11-23-45(40)55(47)50-34(2)15-12-20-39(50)43-24-13-16-35(3)53(43)4/h5-14,17-18,20-26,28-35,38,43,46,49H,15-16,19,27H2,1-4H3. The molecule has 7 atom stereocenters. The van der Waals surface area contributed by atoms with Crippen molar-refractivity contribution in [3.8, 4) is 11.1 Å². The van der Waals surface area contributed by atoms with Crippen molar-refractivity contribution < 1.29 is 0 Å². The van der Waals surface area contributed by atoms with Crippen LogP contribution in [0.5, 0.6) is 0 Å². The van der Waals surface area contributed by atoms with Crippen molar-refractivity contribution in [2.45, 2.75) is 76.3 Å². The Labute approximate surface area is 328 Å². The summed E-state index contributed by atoms with van der Waals surface area (Å²) in [4.78, 5) is 13.2. The summed E-state index contributed by atoms with van der Waals surface area (Å²) in [5.41, 5.74) is 14.9. The predicted molar refractivity (Wildman–Crippen MR) is 230 cm³/mol. The lowest BCUT2D eigenvalue weighted by Gasteiger charge is -2.56. The van der Waals surface area contributed by atoms with Crippen LogP contribution in [0.3, 0.4) is 0 Å². The first-order chi connectivity index (χ1) is 27.0. The molecule has 10 rings (SSSR count). The summed E-state index contributed by atoms with van der Waals surface area (Å²) >= 11 is 0. The van der Waals surface area contributed by atoms with Crippen LogP contribution >= 0.6 is 0 Å². The van der Waals surface area contributed by atoms with Crippen molar-refractivity contribution >= 4 is 17.9 Å². The van der Waals surface area contributed by atoms with Crippen molar-refractivity contribution in [2.24, 2.45) is 11.8 Å². The highest BCUT2D eigenvalue weighted by atomic mass is 15.2. The fourth-order valence-electron chi connectivity index (χ4n) is 10.6. The smallest absolute Gasteiger partial charge is 0.225 e. The molecule has 0 amide bonds. The number of allylic oxidation sites excluding steroid dienone is 11. The van der Waals surface area contributed by atoms with Gasteiger partial charge in [0.05, 0.1) is 17.8 Å². The number of pyridine rings is 1. The molecule has 0 N–H and O–H groups in total. The van der Waals surface area contributed by atoms with Crippen LogP contribution < -0.4 is 10.4 Å². The van der Waals surface area contributed by atoms with Gasteiger partial charge in [-0.3, -0.25) is 9.88 Å². The zero-order valence-corrected chi connectivity index (χ0v) is 32.6. The van der Waals surface area contributed by atoms with Crippen LogP contribution in [-0.4, -0.2) is 46.7 Å². The number of anilines is 1. The molecule has 0 bridgehead atoms. The van der Waals surface area contributed by atoms with E-state index < -0.39 is 0 Å². The van der Waals surface area contributed by atoms with Gasteiger partial charge in [-0.15, -0.1) is 0 Å². The largest absolute Gasteiger partial charge is 0.338 e. The highest BCUT2D eigenvalue weighted by Gasteiger charge is 2.54. The summed E-state index contributed by atoms with van der Waals surface area (Å²) in [6, 6.07) is 25.5. The number of fused-ring (bicyclic) bond motifs is 4. The first-order valence-electron chi connectivity index (χ1n) is 20.6. The molecule has 1 saturated heterocycles. The van der Waals surface area contributed by atoms with Crippen LogP contribution in [0, 0.1) is 11.8 Å². The van der Waals surface area contributed by atoms with E-state index in [0.717, 1.165) is 31.4 Å². The number of aromatic nitrogens is 1. The second-order valence-corrected chi connectivity index (χ2v) is 16.8. The van der Waals surface area contributed by atoms with E-state index in [0.29, 0.717) is 17.9 Å². The molecule has 3 aliphatic heterocycles. The monoisotopic (exact) mass is 718 g/mol. The Morgan fingerprint density at radius 1 is 0.782 bits per heavy atom. The third-order valence-corrected chi connectivity index (χ3v) is 13.4. The van der Waals surface area contributed by atoms with Crippen molar-refractivity contribution in [3.63, 3.8) is 0 Å². The Kier molecular flexibility index (Phi) is 8.67. The van der Waals surface area contributed by atoms with Gasteiger partial charge < -0.3 is 9.80 Å². The van der Waals surface area contributed by atoms with E-state index in [-0.39, 0.29) is 30.5 Å². The van der Waals surface area contributed by atoms with E-state index in [9.17, 15) is 0 Å². The molecule has 0 saturated carbocycles. The van der Waals surface area contributed by atoms with Crippen molar-refractivity contribution in [2.75, 3.05) is 11.9 Å². The lowest BCUT2D eigenvalue weighted by Crippen LogP contribution is -2.61. The number of para-hydroxylation sites is 1. The van der Waals surface area contributed by atoms with E-state index in [2.05, 4.69) is 182 Å². The minimum Gasteiger partial charge on any atom is -0.338 e. The average Bonchev–Trinajstić information content (AvgIpc) is 3.22. The maximum atomic E-state index is 5.09. The zero-order valence-electron chi connectivity index (χ0n) is 32.6. The topological polar surface area (TPSA) is 22.6 Å². The Balaban J connectivity index is 1.14. The van der Waals surface area contributed by atoms with E-state index in [4.69, 9.17) is 4.98 Å². The predicted octanol–water partition coefficient (Wildman–Crippen LogP) is 10.3. The highest BCUT2D eigenvalue weighted by Crippen LogP contribution is 2.55. The van der Waals surface area contributed by atoms with Gasteiger partial charge in [0.25, 0.3) is 0 Å². The summed E-state index contributed by atoms with van der Waals surface area (Å²) in [5, 5.41) is 0. The van der Waals surface area contributed by atoms with Gasteiger partial charge in [0, 0.05) is 58.4 Å². The molecule has 7 aliphatic rings. The maximum absolute atomic E-state index is 5.09. The number of hydrogen-bond donors (Lipinski definition) is 0. The van der Waals surface area contributed by atoms with E-state index >= 15 is 0 Å². The second kappa shape index (κ2) is 13.9. The fraction of sp³-hybridized carbons (Fsp3) is 0.300. The van der Waals surface area contributed by atoms with Gasteiger partial charge in [-0.1, -0.05) is 129 Å². The molecule has 55 heavy (non-hydrogen) atoms. The summed E-state index contributed by atoms with van der Waals surface area (Å²) < 4.78 is 0. The lowest BCUT2D eigenvalue weighted by molar-refractivity contribution is 0.226. The van der Waals surface area contributed by atoms with Crippen LogP contribution in [0.25, 0.3) is 11.1 Å². The maximum Gasteiger partial charge on any atom is 0.225 e. The Morgan fingerprint density at radius 3 is 2.51 bits per heavy atom. The minimum atomic E-state index is 0.146. The minimum absolute atomic E-state index is 0.146. The molecular weight excluding hydrogens is 667 g/mol. The van der Waals surface area contributed by atoms with Gasteiger partial charge in [-0.25, -0.2) is 0 Å². The van der Waals surface area contributed by atoms with Gasteiger partial charge in [0.2, 0.25) is 6.71 Å². The number of rotatable bonds is 5. The van der Waals surface area contributed by atoms with Crippen LogP contribution in [0.4, 0.5) is 5.69 Å². The van der Waals surface area contributed by atoms with E-state index in [1.807, 2.05) is 6.20 Å². The molecule has 3 aromatic rings. The summed E-state index contributed by atoms with van der Waals surface area (Å²) in [6.07, 6.45) is 35.4. The molecule has 0 spiro atoms. The first kappa shape index (κ1) is 34.4. The Morgan fingerprint density at radius 2 is 1.62 bits per heavy atom. The van der Waals surface area contributed by atoms with Crippen molar-refractivity contribution in [1.82, 2.24) is 14.8 Å². The average molecular weight is 719 g/mol. The molecule has 1 aromatic heterocycles. The summed E-state index contributed by atoms with van der Waals surface area (Å²) in [6.45, 7) is 7.46. The third kappa shape index (κ3) is 5.65. The normalized spacial score (nSPS) is 29.6. The Bertz CT molecular complexity index is 2300. The molecule has 2 aromatic carbocycles. The number of benzene rings is 2. The van der Waals surface area contributed by atoms with Crippen molar-refractivity contribution in [3.05, 3.63) is 185 Å². The number of likely N-dealkylation sites (N-methyl/N-ethyl adjacent to an activating group) is 1. The first-order valence-corrected chi connectivity index (χ1v) is 20.6. The van der Waals surface area contributed by atoms with Gasteiger partial charge in [-0.05, 0) is 98.1 Å². The molecular formula is C50H51BN4. The van der Waals surface area contributed by atoms with Gasteiger partial charge in [0.1, 0.15) is 0 Å². The van der Waals surface area contributed by atoms with Crippen LogP contribution in [0.1, 0.15) is 58.1 Å². The summed E-state index contributed by atoms with van der Waals surface area (Å²) in [7, 11) is 2.31. The second-order valence-electron chi connectivity index (χ2n) is 16.8. The number of nitrogens with zero attached hydrogens (tertiary/aromatic N) is 4. The summed E-state index contributed by atoms with van der Waals surface area (Å²) in [5.74, 6) is 1.25. The highest BCUT2D eigenvalue weighted by molar-refractivity contribution is 6.84. The molecule has 4 heterocycles. The van der Waals surface area contributed by atoms with E-state index in [1.165, 1.54) is 56.1 Å². The molecule has 1 fully saturated rings. The fourth-order valence-corrected chi connectivity index (χ4v) is 10.6. The van der Waals surface area contributed by atoms with Crippen molar-refractivity contribution in [1.29, 1.82) is 0 Å². The SMILES string of the molecule is CC1C=C2C(=CC1)B1c3ccccc3N(C3=C(C4C=CCC(C)N4C)C=CCC3C)C3=CC=CC(C13)N2C1=CC=CCC1c1cc(-c2ccccc2)ccn1. The quantitative estimate of drug-likeness (QED) is 0.194. The van der Waals surface area contributed by atoms with Gasteiger partial charge >= 0.3 is 0 Å². The van der Waals surface area contributed by atoms with Crippen LogP contribution in [0.15, 0.2) is 180 Å². The molecule has 5 heteroatoms. The zero-order chi connectivity index (χ0) is 37.2. The van der Waals surface area contributed by atoms with Gasteiger partial charge in [0.15, 0.2) is 0 Å². The van der Waals surface area contributed by atoms with E-state index in [1.54, 1.807) is 0 Å². The Hall–Kier alpha value is -5.13. The molecule has 0 radical (unpaired) electrons. The third-order valence-electron chi connectivity index (χ3n) is 13.4. The molecule has 274 valence electrons. The molecule has 7 unspecified atom stereocenters. The number of hydrogen-bond acceptors (Lipinski definition) is 4. The lowest BCUT2D eigenvalue weighted by atomic mass is 9.27. The molecule has 4 nitrogen and oxygen atoms in total. The van der Waals surface area contributed by atoms with Crippen LogP contribution in [0.2, 0.25) is 5.82 Å². The molecule has 4 aliphatic carbocycles.